The van der Waals surface area contributed by atoms with Gasteiger partial charge in [0.25, 0.3) is 0 Å². The molecule has 0 spiro atoms. The molecular formula is C15H22N2O2. The first-order valence-electron chi connectivity index (χ1n) is 6.89. The zero-order valence-corrected chi connectivity index (χ0v) is 11.7. The molecule has 1 saturated carbocycles. The van der Waals surface area contributed by atoms with E-state index in [1.54, 1.807) is 6.07 Å². The zero-order chi connectivity index (χ0) is 13.8. The molecule has 0 aliphatic heterocycles. The highest BCUT2D eigenvalue weighted by Gasteiger charge is 2.22. The third-order valence-corrected chi connectivity index (χ3v) is 3.68. The number of carbonyl (C=O) groups is 1. The van der Waals surface area contributed by atoms with Crippen molar-refractivity contribution >= 4 is 17.3 Å². The second-order valence-electron chi connectivity index (χ2n) is 5.17. The fourth-order valence-corrected chi connectivity index (χ4v) is 2.42. The molecule has 4 heteroatoms. The number of anilines is 2. The van der Waals surface area contributed by atoms with Gasteiger partial charge in [-0.15, -0.1) is 0 Å². The van der Waals surface area contributed by atoms with Crippen LogP contribution in [0.15, 0.2) is 18.2 Å². The van der Waals surface area contributed by atoms with Gasteiger partial charge in [-0.1, -0.05) is 6.42 Å². The van der Waals surface area contributed by atoms with Crippen molar-refractivity contribution in [2.75, 3.05) is 30.8 Å². The summed E-state index contributed by atoms with van der Waals surface area (Å²) >= 11 is 0. The third kappa shape index (κ3) is 3.19. The van der Waals surface area contributed by atoms with Crippen LogP contribution in [0.25, 0.3) is 0 Å². The Hall–Kier alpha value is -1.71. The molecule has 0 unspecified atom stereocenters. The Labute approximate surface area is 114 Å². The van der Waals surface area contributed by atoms with Crippen molar-refractivity contribution in [3.05, 3.63) is 23.8 Å². The van der Waals surface area contributed by atoms with Gasteiger partial charge in [0, 0.05) is 19.3 Å². The van der Waals surface area contributed by atoms with E-state index in [-0.39, 0.29) is 5.97 Å². The fourth-order valence-electron chi connectivity index (χ4n) is 2.42. The molecule has 1 aromatic rings. The predicted octanol–water partition coefficient (Wildman–Crippen LogP) is 2.68. The molecule has 0 atom stereocenters. The Morgan fingerprint density at radius 2 is 2.21 bits per heavy atom. The summed E-state index contributed by atoms with van der Waals surface area (Å²) in [4.78, 5) is 14.1. The number of nitrogens with zero attached hydrogens (tertiary/aromatic N) is 1. The van der Waals surface area contributed by atoms with Gasteiger partial charge in [0.05, 0.1) is 17.9 Å². The highest BCUT2D eigenvalue weighted by molar-refractivity contribution is 5.97. The van der Waals surface area contributed by atoms with Crippen molar-refractivity contribution in [1.82, 2.24) is 0 Å². The lowest BCUT2D eigenvalue weighted by Gasteiger charge is -2.32. The Bertz CT molecular complexity index is 455. The molecule has 0 heterocycles. The van der Waals surface area contributed by atoms with Crippen LogP contribution in [-0.2, 0) is 4.74 Å². The molecule has 0 radical (unpaired) electrons. The van der Waals surface area contributed by atoms with Gasteiger partial charge in [-0.05, 0) is 43.9 Å². The quantitative estimate of drug-likeness (QED) is 0.654. The van der Waals surface area contributed by atoms with E-state index in [1.807, 2.05) is 26.1 Å². The van der Waals surface area contributed by atoms with Crippen LogP contribution in [0, 0.1) is 5.92 Å². The number of nitrogens with two attached hydrogens (primary N) is 1. The van der Waals surface area contributed by atoms with Gasteiger partial charge in [-0.25, -0.2) is 4.79 Å². The van der Waals surface area contributed by atoms with E-state index < -0.39 is 0 Å². The summed E-state index contributed by atoms with van der Waals surface area (Å²) < 4.78 is 5.10. The minimum Gasteiger partial charge on any atom is -0.462 e. The van der Waals surface area contributed by atoms with E-state index in [4.69, 9.17) is 10.5 Å². The lowest BCUT2D eigenvalue weighted by Crippen LogP contribution is -2.30. The number of ether oxygens (including phenoxy) is 1. The lowest BCUT2D eigenvalue weighted by atomic mass is 9.85. The van der Waals surface area contributed by atoms with Gasteiger partial charge in [0.1, 0.15) is 0 Å². The maximum Gasteiger partial charge on any atom is 0.340 e. The van der Waals surface area contributed by atoms with Crippen molar-refractivity contribution in [3.63, 3.8) is 0 Å². The highest BCUT2D eigenvalue weighted by Crippen LogP contribution is 2.30. The highest BCUT2D eigenvalue weighted by atomic mass is 16.5. The molecule has 104 valence electrons. The summed E-state index contributed by atoms with van der Waals surface area (Å²) in [5, 5.41) is 0. The van der Waals surface area contributed by atoms with Crippen LogP contribution in [0.3, 0.4) is 0 Å². The molecule has 0 bridgehead atoms. The number of rotatable bonds is 5. The molecule has 1 aliphatic rings. The first kappa shape index (κ1) is 13.7. The molecule has 2 rings (SSSR count). The smallest absolute Gasteiger partial charge is 0.340 e. The minimum absolute atomic E-state index is 0.301. The normalized spacial score (nSPS) is 14.8. The van der Waals surface area contributed by atoms with Crippen molar-refractivity contribution in [3.8, 4) is 0 Å². The summed E-state index contributed by atoms with van der Waals surface area (Å²) in [5.41, 5.74) is 7.82. The van der Waals surface area contributed by atoms with E-state index in [9.17, 15) is 4.79 Å². The van der Waals surface area contributed by atoms with Gasteiger partial charge in [0.2, 0.25) is 0 Å². The number of hydrogen-bond acceptors (Lipinski definition) is 4. The van der Waals surface area contributed by atoms with Crippen LogP contribution in [0.1, 0.15) is 36.5 Å². The second-order valence-corrected chi connectivity index (χ2v) is 5.17. The molecule has 1 aliphatic carbocycles. The Balaban J connectivity index is 2.19. The third-order valence-electron chi connectivity index (χ3n) is 3.68. The van der Waals surface area contributed by atoms with Gasteiger partial charge in [0.15, 0.2) is 0 Å². The minimum atomic E-state index is -0.301. The zero-order valence-electron chi connectivity index (χ0n) is 11.7. The number of nitrogen functional groups attached to an aromatic ring is 1. The second kappa shape index (κ2) is 5.95. The van der Waals surface area contributed by atoms with Gasteiger partial charge >= 0.3 is 5.97 Å². The molecule has 0 saturated heterocycles. The predicted molar refractivity (Wildman–Crippen MR) is 77.4 cm³/mol. The monoisotopic (exact) mass is 262 g/mol. The van der Waals surface area contributed by atoms with Crippen LogP contribution < -0.4 is 10.6 Å². The van der Waals surface area contributed by atoms with Crippen molar-refractivity contribution < 1.29 is 9.53 Å². The van der Waals surface area contributed by atoms with E-state index in [0.29, 0.717) is 17.9 Å². The van der Waals surface area contributed by atoms with Crippen molar-refractivity contribution in [2.45, 2.75) is 26.2 Å². The first-order chi connectivity index (χ1) is 9.11. The van der Waals surface area contributed by atoms with E-state index in [2.05, 4.69) is 4.90 Å². The van der Waals surface area contributed by atoms with Crippen LogP contribution in [0.2, 0.25) is 0 Å². The molecule has 1 fully saturated rings. The van der Waals surface area contributed by atoms with E-state index in [0.717, 1.165) is 18.2 Å². The van der Waals surface area contributed by atoms with Crippen LogP contribution in [0.5, 0.6) is 0 Å². The largest absolute Gasteiger partial charge is 0.462 e. The summed E-state index contributed by atoms with van der Waals surface area (Å²) in [7, 11) is 2.02. The summed E-state index contributed by atoms with van der Waals surface area (Å²) in [6.07, 6.45) is 3.90. The first-order valence-corrected chi connectivity index (χ1v) is 6.89. The topological polar surface area (TPSA) is 55.6 Å². The van der Waals surface area contributed by atoms with Crippen molar-refractivity contribution in [2.24, 2.45) is 5.92 Å². The maximum atomic E-state index is 12.0. The number of benzene rings is 1. The number of carbonyl (C=O) groups excluding carboxylic acids is 1. The summed E-state index contributed by atoms with van der Waals surface area (Å²) in [6.45, 7) is 3.16. The Morgan fingerprint density at radius 1 is 1.47 bits per heavy atom. The summed E-state index contributed by atoms with van der Waals surface area (Å²) in [6, 6.07) is 5.43. The lowest BCUT2D eigenvalue weighted by molar-refractivity contribution is 0.0527. The maximum absolute atomic E-state index is 12.0. The van der Waals surface area contributed by atoms with Crippen LogP contribution in [-0.4, -0.2) is 26.2 Å². The van der Waals surface area contributed by atoms with E-state index in [1.165, 1.54) is 19.3 Å². The fraction of sp³-hybridized carbons (Fsp3) is 0.533. The molecule has 0 aromatic heterocycles. The summed E-state index contributed by atoms with van der Waals surface area (Å²) in [5.74, 6) is 0.447. The molecule has 0 amide bonds. The molecule has 1 aromatic carbocycles. The Morgan fingerprint density at radius 3 is 2.79 bits per heavy atom. The molecular weight excluding hydrogens is 240 g/mol. The number of esters is 1. The van der Waals surface area contributed by atoms with Gasteiger partial charge in [-0.2, -0.15) is 0 Å². The average molecular weight is 262 g/mol. The average Bonchev–Trinajstić information content (AvgIpc) is 2.33. The van der Waals surface area contributed by atoms with Crippen LogP contribution >= 0.6 is 0 Å². The van der Waals surface area contributed by atoms with Crippen molar-refractivity contribution in [1.29, 1.82) is 0 Å². The number of hydrogen-bond donors (Lipinski definition) is 1. The molecule has 4 nitrogen and oxygen atoms in total. The molecule has 19 heavy (non-hydrogen) atoms. The van der Waals surface area contributed by atoms with Gasteiger partial charge < -0.3 is 15.4 Å². The SMILES string of the molecule is CCOC(=O)c1cc(N)ccc1N(C)CC1CCC1. The van der Waals surface area contributed by atoms with Gasteiger partial charge in [-0.3, -0.25) is 0 Å². The van der Waals surface area contributed by atoms with E-state index >= 15 is 0 Å². The van der Waals surface area contributed by atoms with Crippen LogP contribution in [0.4, 0.5) is 11.4 Å². The Kier molecular flexibility index (Phi) is 4.30. The standard InChI is InChI=1S/C15H22N2O2/c1-3-19-15(18)13-9-12(16)7-8-14(13)17(2)10-11-5-4-6-11/h7-9,11H,3-6,10,16H2,1-2H3. The molecule has 2 N–H and O–H groups in total.